The van der Waals surface area contributed by atoms with Gasteiger partial charge in [-0.2, -0.15) is 0 Å². The average molecular weight is 409 g/mol. The van der Waals surface area contributed by atoms with Crippen LogP contribution in [0.4, 0.5) is 0 Å². The predicted octanol–water partition coefficient (Wildman–Crippen LogP) is 4.97. The van der Waals surface area contributed by atoms with Gasteiger partial charge in [-0.3, -0.25) is 9.56 Å². The molecule has 2 aromatic carbocycles. The Hall–Kier alpha value is -2.27. The predicted molar refractivity (Wildman–Crippen MR) is 108 cm³/mol. The molecule has 1 aliphatic rings. The highest BCUT2D eigenvalue weighted by atomic mass is 79.9. The van der Waals surface area contributed by atoms with Crippen molar-refractivity contribution in [3.8, 4) is 5.69 Å². The summed E-state index contributed by atoms with van der Waals surface area (Å²) in [5.41, 5.74) is 4.43. The number of benzene rings is 2. The van der Waals surface area contributed by atoms with E-state index in [0.717, 1.165) is 45.1 Å². The van der Waals surface area contributed by atoms with Gasteiger partial charge in [-0.05, 0) is 23.6 Å². The zero-order valence-corrected chi connectivity index (χ0v) is 16.8. The minimum Gasteiger partial charge on any atom is -0.281 e. The molecule has 132 valence electrons. The third kappa shape index (κ3) is 3.23. The van der Waals surface area contributed by atoms with Crippen LogP contribution in [0.2, 0.25) is 0 Å². The van der Waals surface area contributed by atoms with Crippen molar-refractivity contribution in [3.05, 3.63) is 75.8 Å². The van der Waals surface area contributed by atoms with Crippen molar-refractivity contribution in [2.45, 2.75) is 33.7 Å². The molecule has 0 radical (unpaired) electrons. The molecule has 4 nitrogen and oxygen atoms in total. The van der Waals surface area contributed by atoms with Crippen molar-refractivity contribution < 1.29 is 0 Å². The molecule has 2 heterocycles. The molecular weight excluding hydrogens is 388 g/mol. The third-order valence-corrected chi connectivity index (χ3v) is 4.86. The number of aliphatic imine (C=N–C) groups is 1. The second-order valence-corrected chi connectivity index (χ2v) is 8.71. The maximum absolute atomic E-state index is 4.90. The molecule has 0 bridgehead atoms. The summed E-state index contributed by atoms with van der Waals surface area (Å²) in [4.78, 5) is 4.90. The molecule has 0 unspecified atom stereocenters. The second kappa shape index (κ2) is 6.47. The van der Waals surface area contributed by atoms with Gasteiger partial charge in [-0.1, -0.05) is 67.0 Å². The lowest BCUT2D eigenvalue weighted by molar-refractivity contribution is 0.397. The lowest BCUT2D eigenvalue weighted by Gasteiger charge is -2.19. The molecule has 0 saturated heterocycles. The molecule has 0 saturated carbocycles. The summed E-state index contributed by atoms with van der Waals surface area (Å²) >= 11 is 3.62. The van der Waals surface area contributed by atoms with Crippen LogP contribution in [0.1, 0.15) is 43.5 Å². The number of rotatable bonds is 2. The van der Waals surface area contributed by atoms with E-state index in [2.05, 4.69) is 81.8 Å². The molecule has 3 aromatic rings. The van der Waals surface area contributed by atoms with Gasteiger partial charge in [0.25, 0.3) is 0 Å². The van der Waals surface area contributed by atoms with E-state index in [9.17, 15) is 0 Å². The number of hydrogen-bond donors (Lipinski definition) is 0. The highest BCUT2D eigenvalue weighted by Gasteiger charge is 2.25. The number of halogens is 1. The summed E-state index contributed by atoms with van der Waals surface area (Å²) in [6, 6.07) is 16.7. The molecule has 0 amide bonds. The summed E-state index contributed by atoms with van der Waals surface area (Å²) < 4.78 is 3.22. The molecule has 26 heavy (non-hydrogen) atoms. The fourth-order valence-electron chi connectivity index (χ4n) is 3.29. The normalized spacial score (nSPS) is 13.6. The second-order valence-electron chi connectivity index (χ2n) is 7.80. The highest BCUT2D eigenvalue weighted by Crippen LogP contribution is 2.30. The average Bonchev–Trinajstić information content (AvgIpc) is 2.89. The van der Waals surface area contributed by atoms with Crippen LogP contribution in [0.15, 0.2) is 58.0 Å². The van der Waals surface area contributed by atoms with Crippen LogP contribution in [0, 0.1) is 5.41 Å². The SMILES string of the molecule is CC(C)(C)Cc1nnc2n1-c1ccc(Br)cc1C(c1ccccc1)=NC2. The summed E-state index contributed by atoms with van der Waals surface area (Å²) in [6.07, 6.45) is 0.857. The van der Waals surface area contributed by atoms with Gasteiger partial charge in [-0.15, -0.1) is 10.2 Å². The maximum Gasteiger partial charge on any atom is 0.159 e. The largest absolute Gasteiger partial charge is 0.281 e. The van der Waals surface area contributed by atoms with Gasteiger partial charge >= 0.3 is 0 Å². The summed E-state index contributed by atoms with van der Waals surface area (Å²) in [7, 11) is 0. The highest BCUT2D eigenvalue weighted by molar-refractivity contribution is 9.10. The molecule has 4 rings (SSSR count). The van der Waals surface area contributed by atoms with E-state index in [4.69, 9.17) is 4.99 Å². The number of nitrogens with zero attached hydrogens (tertiary/aromatic N) is 4. The van der Waals surface area contributed by atoms with E-state index >= 15 is 0 Å². The molecule has 0 aliphatic carbocycles. The number of fused-ring (bicyclic) bond motifs is 3. The van der Waals surface area contributed by atoms with Crippen LogP contribution >= 0.6 is 15.9 Å². The first-order valence-corrected chi connectivity index (χ1v) is 9.55. The molecule has 1 aliphatic heterocycles. The first-order valence-electron chi connectivity index (χ1n) is 8.76. The fourth-order valence-corrected chi connectivity index (χ4v) is 3.65. The van der Waals surface area contributed by atoms with Crippen molar-refractivity contribution in [1.29, 1.82) is 0 Å². The molecule has 0 spiro atoms. The van der Waals surface area contributed by atoms with E-state index in [1.54, 1.807) is 0 Å². The lowest BCUT2D eigenvalue weighted by Crippen LogP contribution is -2.15. The summed E-state index contributed by atoms with van der Waals surface area (Å²) in [5.74, 6) is 1.87. The topological polar surface area (TPSA) is 43.1 Å². The van der Waals surface area contributed by atoms with Crippen molar-refractivity contribution in [2.75, 3.05) is 0 Å². The third-order valence-electron chi connectivity index (χ3n) is 4.37. The van der Waals surface area contributed by atoms with E-state index in [1.165, 1.54) is 0 Å². The van der Waals surface area contributed by atoms with E-state index in [0.29, 0.717) is 6.54 Å². The van der Waals surface area contributed by atoms with Gasteiger partial charge in [0.2, 0.25) is 0 Å². The van der Waals surface area contributed by atoms with Gasteiger partial charge in [-0.25, -0.2) is 0 Å². The van der Waals surface area contributed by atoms with Gasteiger partial charge in [0.15, 0.2) is 5.82 Å². The standard InChI is InChI=1S/C21H21BrN4/c1-21(2,3)12-18-24-25-19-13-23-20(14-7-5-4-6-8-14)16-11-15(22)9-10-17(16)26(18)19/h4-11H,12-13H2,1-3H3. The van der Waals surface area contributed by atoms with Crippen LogP contribution in [0.3, 0.4) is 0 Å². The van der Waals surface area contributed by atoms with Crippen molar-refractivity contribution in [1.82, 2.24) is 14.8 Å². The lowest BCUT2D eigenvalue weighted by atomic mass is 9.92. The Kier molecular flexibility index (Phi) is 4.27. The van der Waals surface area contributed by atoms with Gasteiger partial charge in [0, 0.05) is 22.0 Å². The maximum atomic E-state index is 4.90. The van der Waals surface area contributed by atoms with E-state index in [1.807, 2.05) is 18.2 Å². The summed E-state index contributed by atoms with van der Waals surface area (Å²) in [5, 5.41) is 8.92. The number of hydrogen-bond acceptors (Lipinski definition) is 3. The first kappa shape index (κ1) is 17.2. The Morgan fingerprint density at radius 1 is 1.04 bits per heavy atom. The van der Waals surface area contributed by atoms with Crippen LogP contribution < -0.4 is 0 Å². The molecule has 0 fully saturated rings. The minimum absolute atomic E-state index is 0.134. The van der Waals surface area contributed by atoms with Crippen LogP contribution in [0.5, 0.6) is 0 Å². The van der Waals surface area contributed by atoms with Crippen molar-refractivity contribution in [2.24, 2.45) is 10.4 Å². The van der Waals surface area contributed by atoms with Crippen molar-refractivity contribution >= 4 is 21.6 Å². The van der Waals surface area contributed by atoms with Gasteiger partial charge in [0.05, 0.1) is 11.4 Å². The Labute approximate surface area is 162 Å². The smallest absolute Gasteiger partial charge is 0.159 e. The Balaban J connectivity index is 1.93. The monoisotopic (exact) mass is 408 g/mol. The fraction of sp³-hybridized carbons (Fsp3) is 0.286. The molecule has 0 atom stereocenters. The minimum atomic E-state index is 0.134. The van der Waals surface area contributed by atoms with Gasteiger partial charge < -0.3 is 0 Å². The Bertz CT molecular complexity index is 981. The number of aromatic nitrogens is 3. The van der Waals surface area contributed by atoms with E-state index < -0.39 is 0 Å². The first-order chi connectivity index (χ1) is 12.4. The molecule has 1 aromatic heterocycles. The molecule has 0 N–H and O–H groups in total. The molecule has 5 heteroatoms. The summed E-state index contributed by atoms with van der Waals surface area (Å²) in [6.45, 7) is 7.19. The Morgan fingerprint density at radius 2 is 1.81 bits per heavy atom. The zero-order valence-electron chi connectivity index (χ0n) is 15.2. The van der Waals surface area contributed by atoms with Crippen LogP contribution in [-0.2, 0) is 13.0 Å². The molecular formula is C21H21BrN4. The van der Waals surface area contributed by atoms with Gasteiger partial charge in [0.1, 0.15) is 12.4 Å². The van der Waals surface area contributed by atoms with Crippen molar-refractivity contribution in [3.63, 3.8) is 0 Å². The van der Waals surface area contributed by atoms with Crippen LogP contribution in [-0.4, -0.2) is 20.5 Å². The Morgan fingerprint density at radius 3 is 2.54 bits per heavy atom. The quantitative estimate of drug-likeness (QED) is 0.600. The van der Waals surface area contributed by atoms with E-state index in [-0.39, 0.29) is 5.41 Å². The van der Waals surface area contributed by atoms with Crippen LogP contribution in [0.25, 0.3) is 5.69 Å². The zero-order chi connectivity index (χ0) is 18.3.